The fraction of sp³-hybridized carbons (Fsp3) is 0.647. The van der Waals surface area contributed by atoms with Crippen molar-refractivity contribution in [1.29, 1.82) is 0 Å². The van der Waals surface area contributed by atoms with E-state index in [1.807, 2.05) is 0 Å². The van der Waals surface area contributed by atoms with Crippen LogP contribution in [-0.2, 0) is 6.54 Å². The van der Waals surface area contributed by atoms with Crippen LogP contribution in [0, 0.1) is 0 Å². The minimum absolute atomic E-state index is 0.574. The average Bonchev–Trinajstić information content (AvgIpc) is 2.88. The first-order chi connectivity index (χ1) is 9.45. The van der Waals surface area contributed by atoms with Gasteiger partial charge in [-0.1, -0.05) is 49.1 Å². The molecule has 1 unspecified atom stereocenters. The normalized spacial score (nSPS) is 18.4. The topological polar surface area (TPSA) is 15.3 Å². The second-order valence-electron chi connectivity index (χ2n) is 7.24. The van der Waals surface area contributed by atoms with Gasteiger partial charge >= 0.3 is 0 Å². The first-order valence-corrected chi connectivity index (χ1v) is 11.5. The molecule has 0 radical (unpaired) electrons. The summed E-state index contributed by atoms with van der Waals surface area (Å²) in [5, 5.41) is 5.20. The lowest BCUT2D eigenvalue weighted by Crippen LogP contribution is -2.38. The summed E-state index contributed by atoms with van der Waals surface area (Å²) in [6, 6.07) is 9.82. The van der Waals surface area contributed by atoms with Gasteiger partial charge in [-0.05, 0) is 38.4 Å². The second-order valence-corrected chi connectivity index (χ2v) is 12.3. The van der Waals surface area contributed by atoms with Crippen molar-refractivity contribution in [1.82, 2.24) is 10.2 Å². The SMILES string of the molecule is CC(CN1CCCC1)NCc1ccc([Si](C)(C)C)cc1. The Labute approximate surface area is 125 Å². The minimum atomic E-state index is -1.15. The van der Waals surface area contributed by atoms with Gasteiger partial charge in [0.25, 0.3) is 0 Å². The molecule has 0 spiro atoms. The minimum Gasteiger partial charge on any atom is -0.309 e. The zero-order chi connectivity index (χ0) is 14.6. The smallest absolute Gasteiger partial charge is 0.0775 e. The van der Waals surface area contributed by atoms with Crippen LogP contribution < -0.4 is 10.5 Å². The summed E-state index contributed by atoms with van der Waals surface area (Å²) < 4.78 is 0. The molecule has 3 heteroatoms. The molecule has 0 amide bonds. The molecule has 1 saturated heterocycles. The third-order valence-corrected chi connectivity index (χ3v) is 6.27. The highest BCUT2D eigenvalue weighted by atomic mass is 28.3. The summed E-state index contributed by atoms with van der Waals surface area (Å²) in [5.41, 5.74) is 1.40. The Kier molecular flexibility index (Phi) is 5.41. The molecular weight excluding hydrogens is 260 g/mol. The van der Waals surface area contributed by atoms with Gasteiger partial charge in [-0.25, -0.2) is 0 Å². The molecule has 1 atom stereocenters. The summed E-state index contributed by atoms with van der Waals surface area (Å²) in [7, 11) is -1.15. The Morgan fingerprint density at radius 2 is 1.70 bits per heavy atom. The van der Waals surface area contributed by atoms with E-state index in [-0.39, 0.29) is 0 Å². The molecule has 112 valence electrons. The van der Waals surface area contributed by atoms with Gasteiger partial charge in [0.2, 0.25) is 0 Å². The molecule has 1 aromatic rings. The van der Waals surface area contributed by atoms with E-state index in [2.05, 4.69) is 61.0 Å². The highest BCUT2D eigenvalue weighted by Crippen LogP contribution is 2.08. The van der Waals surface area contributed by atoms with Gasteiger partial charge in [-0.2, -0.15) is 0 Å². The quantitative estimate of drug-likeness (QED) is 0.811. The zero-order valence-corrected chi connectivity index (χ0v) is 14.6. The van der Waals surface area contributed by atoms with E-state index >= 15 is 0 Å². The van der Waals surface area contributed by atoms with E-state index in [1.54, 1.807) is 5.19 Å². The largest absolute Gasteiger partial charge is 0.309 e. The second kappa shape index (κ2) is 6.88. The first kappa shape index (κ1) is 15.7. The molecule has 20 heavy (non-hydrogen) atoms. The lowest BCUT2D eigenvalue weighted by molar-refractivity contribution is 0.298. The van der Waals surface area contributed by atoms with Crippen LogP contribution in [0.5, 0.6) is 0 Å². The monoisotopic (exact) mass is 290 g/mol. The van der Waals surface area contributed by atoms with Crippen LogP contribution in [0.1, 0.15) is 25.3 Å². The van der Waals surface area contributed by atoms with Crippen LogP contribution in [0.2, 0.25) is 19.6 Å². The lowest BCUT2D eigenvalue weighted by Gasteiger charge is -2.21. The first-order valence-electron chi connectivity index (χ1n) is 8.00. The van der Waals surface area contributed by atoms with Crippen molar-refractivity contribution >= 4 is 13.3 Å². The standard InChI is InChI=1S/C17H30N2Si/c1-15(14-19-11-5-6-12-19)18-13-16-7-9-17(10-8-16)20(2,3)4/h7-10,15,18H,5-6,11-14H2,1-4H3. The molecule has 1 heterocycles. The van der Waals surface area contributed by atoms with Gasteiger partial charge < -0.3 is 10.2 Å². The number of hydrogen-bond donors (Lipinski definition) is 1. The van der Waals surface area contributed by atoms with Crippen molar-refractivity contribution in [2.45, 2.75) is 52.0 Å². The molecular formula is C17H30N2Si. The number of nitrogens with one attached hydrogen (secondary N) is 1. The summed E-state index contributed by atoms with van der Waals surface area (Å²) in [6.07, 6.45) is 2.76. The maximum Gasteiger partial charge on any atom is 0.0775 e. The van der Waals surface area contributed by atoms with Gasteiger partial charge in [-0.15, -0.1) is 0 Å². The highest BCUT2D eigenvalue weighted by Gasteiger charge is 2.16. The van der Waals surface area contributed by atoms with Gasteiger partial charge in [-0.3, -0.25) is 0 Å². The van der Waals surface area contributed by atoms with E-state index in [0.29, 0.717) is 6.04 Å². The van der Waals surface area contributed by atoms with E-state index < -0.39 is 8.07 Å². The number of benzene rings is 1. The number of likely N-dealkylation sites (tertiary alicyclic amines) is 1. The Morgan fingerprint density at radius 1 is 1.10 bits per heavy atom. The molecule has 0 saturated carbocycles. The van der Waals surface area contributed by atoms with E-state index in [1.165, 1.54) is 38.0 Å². The Bertz CT molecular complexity index is 402. The highest BCUT2D eigenvalue weighted by molar-refractivity contribution is 6.88. The summed E-state index contributed by atoms with van der Waals surface area (Å²) >= 11 is 0. The van der Waals surface area contributed by atoms with Crippen molar-refractivity contribution < 1.29 is 0 Å². The molecule has 0 bridgehead atoms. The van der Waals surface area contributed by atoms with Gasteiger partial charge in [0.1, 0.15) is 0 Å². The number of nitrogens with zero attached hydrogens (tertiary/aromatic N) is 1. The van der Waals surface area contributed by atoms with E-state index in [4.69, 9.17) is 0 Å². The average molecular weight is 291 g/mol. The van der Waals surface area contributed by atoms with Gasteiger partial charge in [0.05, 0.1) is 8.07 Å². The zero-order valence-electron chi connectivity index (χ0n) is 13.6. The third-order valence-electron chi connectivity index (χ3n) is 4.21. The van der Waals surface area contributed by atoms with Crippen molar-refractivity contribution in [3.8, 4) is 0 Å². The lowest BCUT2D eigenvalue weighted by atomic mass is 10.2. The molecule has 2 rings (SSSR count). The van der Waals surface area contributed by atoms with Gasteiger partial charge in [0.15, 0.2) is 0 Å². The van der Waals surface area contributed by atoms with Crippen LogP contribution in [0.15, 0.2) is 24.3 Å². The van der Waals surface area contributed by atoms with Crippen molar-refractivity contribution in [3.63, 3.8) is 0 Å². The van der Waals surface area contributed by atoms with Crippen molar-refractivity contribution in [2.24, 2.45) is 0 Å². The predicted molar refractivity (Wildman–Crippen MR) is 91.4 cm³/mol. The maximum absolute atomic E-state index is 3.65. The Hall–Kier alpha value is -0.643. The Morgan fingerprint density at radius 3 is 2.25 bits per heavy atom. The number of rotatable bonds is 6. The fourth-order valence-electron chi connectivity index (χ4n) is 2.83. The van der Waals surface area contributed by atoms with Crippen molar-refractivity contribution in [2.75, 3.05) is 19.6 Å². The molecule has 1 aliphatic rings. The van der Waals surface area contributed by atoms with E-state index in [0.717, 1.165) is 6.54 Å². The molecule has 1 aliphatic heterocycles. The van der Waals surface area contributed by atoms with Crippen LogP contribution in [0.25, 0.3) is 0 Å². The molecule has 2 nitrogen and oxygen atoms in total. The molecule has 1 fully saturated rings. The maximum atomic E-state index is 3.65. The van der Waals surface area contributed by atoms with Crippen LogP contribution in [0.4, 0.5) is 0 Å². The fourth-order valence-corrected chi connectivity index (χ4v) is 4.00. The van der Waals surface area contributed by atoms with Crippen LogP contribution in [0.3, 0.4) is 0 Å². The van der Waals surface area contributed by atoms with Crippen LogP contribution in [-0.4, -0.2) is 38.6 Å². The molecule has 1 N–H and O–H groups in total. The van der Waals surface area contributed by atoms with Gasteiger partial charge in [0, 0.05) is 19.1 Å². The third kappa shape index (κ3) is 4.72. The van der Waals surface area contributed by atoms with E-state index in [9.17, 15) is 0 Å². The molecule has 0 aromatic heterocycles. The summed E-state index contributed by atoms with van der Waals surface area (Å²) in [4.78, 5) is 2.58. The Balaban J connectivity index is 1.78. The summed E-state index contributed by atoms with van der Waals surface area (Å²) in [6.45, 7) is 14.3. The number of hydrogen-bond acceptors (Lipinski definition) is 2. The van der Waals surface area contributed by atoms with Crippen molar-refractivity contribution in [3.05, 3.63) is 29.8 Å². The summed E-state index contributed by atoms with van der Waals surface area (Å²) in [5.74, 6) is 0. The molecule has 1 aromatic carbocycles. The molecule has 0 aliphatic carbocycles. The predicted octanol–water partition coefficient (Wildman–Crippen LogP) is 2.81. The van der Waals surface area contributed by atoms with Crippen LogP contribution >= 0.6 is 0 Å².